The Labute approximate surface area is 111 Å². The second kappa shape index (κ2) is 6.24. The predicted molar refractivity (Wildman–Crippen MR) is 75.7 cm³/mol. The van der Waals surface area contributed by atoms with Crippen LogP contribution in [0.4, 0.5) is 0 Å². The van der Waals surface area contributed by atoms with Crippen LogP contribution in [0.2, 0.25) is 0 Å². The summed E-state index contributed by atoms with van der Waals surface area (Å²) in [6.07, 6.45) is 6.75. The van der Waals surface area contributed by atoms with Crippen LogP contribution in [0.25, 0.3) is 0 Å². The molecule has 2 heteroatoms. The standard InChI is InChI=1S/C16H25NO/c1-3-13-6-4-8-15(10-13)18-16-9-5-7-14(11-16)12(2)17/h5,7,9,11-13,15H,3-4,6,8,10,17H2,1-2H3/t12-,13?,15?/m1/s1. The lowest BCUT2D eigenvalue weighted by Crippen LogP contribution is -2.25. The van der Waals surface area contributed by atoms with Crippen molar-refractivity contribution in [2.45, 2.75) is 58.1 Å². The highest BCUT2D eigenvalue weighted by Gasteiger charge is 2.22. The van der Waals surface area contributed by atoms with Crippen LogP contribution in [0.15, 0.2) is 24.3 Å². The third-order valence-corrected chi connectivity index (χ3v) is 4.00. The van der Waals surface area contributed by atoms with Gasteiger partial charge in [0.2, 0.25) is 0 Å². The zero-order valence-electron chi connectivity index (χ0n) is 11.6. The number of benzene rings is 1. The summed E-state index contributed by atoms with van der Waals surface area (Å²) >= 11 is 0. The van der Waals surface area contributed by atoms with Gasteiger partial charge in [-0.05, 0) is 49.8 Å². The van der Waals surface area contributed by atoms with Gasteiger partial charge in [-0.1, -0.05) is 31.9 Å². The molecule has 2 unspecified atom stereocenters. The Balaban J connectivity index is 1.98. The highest BCUT2D eigenvalue weighted by Crippen LogP contribution is 2.30. The second-order valence-corrected chi connectivity index (χ2v) is 5.54. The maximum absolute atomic E-state index is 6.12. The Kier molecular flexibility index (Phi) is 4.65. The average molecular weight is 247 g/mol. The molecule has 18 heavy (non-hydrogen) atoms. The molecule has 2 rings (SSSR count). The zero-order chi connectivity index (χ0) is 13.0. The first-order valence-electron chi connectivity index (χ1n) is 7.21. The molecule has 0 bridgehead atoms. The average Bonchev–Trinajstić information content (AvgIpc) is 2.39. The molecule has 1 fully saturated rings. The Morgan fingerprint density at radius 3 is 2.94 bits per heavy atom. The maximum atomic E-state index is 6.12. The molecule has 1 aromatic carbocycles. The summed E-state index contributed by atoms with van der Waals surface area (Å²) in [5.74, 6) is 1.83. The van der Waals surface area contributed by atoms with Gasteiger partial charge < -0.3 is 10.5 Å². The molecule has 0 radical (unpaired) electrons. The molecule has 2 nitrogen and oxygen atoms in total. The first-order valence-corrected chi connectivity index (χ1v) is 7.21. The monoisotopic (exact) mass is 247 g/mol. The van der Waals surface area contributed by atoms with E-state index in [0.717, 1.165) is 17.2 Å². The molecular weight excluding hydrogens is 222 g/mol. The fourth-order valence-electron chi connectivity index (χ4n) is 2.78. The topological polar surface area (TPSA) is 35.2 Å². The summed E-state index contributed by atoms with van der Waals surface area (Å²) in [7, 11) is 0. The number of hydrogen-bond acceptors (Lipinski definition) is 2. The predicted octanol–water partition coefficient (Wildman–Crippen LogP) is 4.05. The summed E-state index contributed by atoms with van der Waals surface area (Å²) in [4.78, 5) is 0. The molecule has 0 amide bonds. The van der Waals surface area contributed by atoms with E-state index in [1.165, 1.54) is 32.1 Å². The van der Waals surface area contributed by atoms with Crippen molar-refractivity contribution < 1.29 is 4.74 Å². The van der Waals surface area contributed by atoms with Crippen LogP contribution in [0.5, 0.6) is 5.75 Å². The normalized spacial score (nSPS) is 25.7. The van der Waals surface area contributed by atoms with Crippen molar-refractivity contribution in [3.8, 4) is 5.75 Å². The quantitative estimate of drug-likeness (QED) is 0.871. The SMILES string of the molecule is CCC1CCCC(Oc2cccc([C@@H](C)N)c2)C1. The van der Waals surface area contributed by atoms with Crippen molar-refractivity contribution in [1.29, 1.82) is 0 Å². The molecule has 0 spiro atoms. The van der Waals surface area contributed by atoms with Crippen LogP contribution in [-0.2, 0) is 0 Å². The van der Waals surface area contributed by atoms with Crippen LogP contribution < -0.4 is 10.5 Å². The van der Waals surface area contributed by atoms with Gasteiger partial charge in [-0.25, -0.2) is 0 Å². The van der Waals surface area contributed by atoms with Gasteiger partial charge in [-0.3, -0.25) is 0 Å². The van der Waals surface area contributed by atoms with E-state index in [2.05, 4.69) is 19.1 Å². The van der Waals surface area contributed by atoms with Gasteiger partial charge in [-0.2, -0.15) is 0 Å². The summed E-state index contributed by atoms with van der Waals surface area (Å²) in [6.45, 7) is 4.29. The Morgan fingerprint density at radius 2 is 2.22 bits per heavy atom. The molecule has 100 valence electrons. The summed E-state index contributed by atoms with van der Waals surface area (Å²) in [6, 6.07) is 8.30. The fraction of sp³-hybridized carbons (Fsp3) is 0.625. The lowest BCUT2D eigenvalue weighted by atomic mass is 9.85. The van der Waals surface area contributed by atoms with Gasteiger partial charge in [0.15, 0.2) is 0 Å². The third kappa shape index (κ3) is 3.49. The Bertz CT molecular complexity index is 375. The summed E-state index contributed by atoms with van der Waals surface area (Å²) < 4.78 is 6.12. The van der Waals surface area contributed by atoms with Crippen molar-refractivity contribution in [2.75, 3.05) is 0 Å². The van der Waals surface area contributed by atoms with Gasteiger partial charge in [0.25, 0.3) is 0 Å². The largest absolute Gasteiger partial charge is 0.490 e. The van der Waals surface area contributed by atoms with E-state index < -0.39 is 0 Å². The van der Waals surface area contributed by atoms with Crippen LogP contribution >= 0.6 is 0 Å². The first kappa shape index (κ1) is 13.4. The van der Waals surface area contributed by atoms with Crippen LogP contribution in [0, 0.1) is 5.92 Å². The Morgan fingerprint density at radius 1 is 1.39 bits per heavy atom. The van der Waals surface area contributed by atoms with Crippen LogP contribution in [0.3, 0.4) is 0 Å². The van der Waals surface area contributed by atoms with Gasteiger partial charge in [-0.15, -0.1) is 0 Å². The lowest BCUT2D eigenvalue weighted by molar-refractivity contribution is 0.122. The molecule has 1 aliphatic carbocycles. The highest BCUT2D eigenvalue weighted by atomic mass is 16.5. The van der Waals surface area contributed by atoms with Crippen LogP contribution in [-0.4, -0.2) is 6.10 Å². The molecule has 1 aliphatic rings. The number of ether oxygens (including phenoxy) is 1. The van der Waals surface area contributed by atoms with Gasteiger partial charge in [0, 0.05) is 6.04 Å². The number of rotatable bonds is 4. The molecule has 0 saturated heterocycles. The van der Waals surface area contributed by atoms with E-state index in [1.807, 2.05) is 19.1 Å². The molecule has 0 heterocycles. The maximum Gasteiger partial charge on any atom is 0.120 e. The van der Waals surface area contributed by atoms with Crippen molar-refractivity contribution >= 4 is 0 Å². The van der Waals surface area contributed by atoms with Crippen molar-refractivity contribution in [3.05, 3.63) is 29.8 Å². The minimum absolute atomic E-state index is 0.0725. The molecule has 0 aliphatic heterocycles. The highest BCUT2D eigenvalue weighted by molar-refractivity contribution is 5.30. The van der Waals surface area contributed by atoms with Crippen molar-refractivity contribution in [1.82, 2.24) is 0 Å². The first-order chi connectivity index (χ1) is 8.69. The second-order valence-electron chi connectivity index (χ2n) is 5.54. The summed E-state index contributed by atoms with van der Waals surface area (Å²) in [5.41, 5.74) is 7.05. The van der Waals surface area contributed by atoms with E-state index in [4.69, 9.17) is 10.5 Å². The van der Waals surface area contributed by atoms with E-state index in [1.54, 1.807) is 0 Å². The van der Waals surface area contributed by atoms with E-state index in [-0.39, 0.29) is 6.04 Å². The van der Waals surface area contributed by atoms with E-state index in [9.17, 15) is 0 Å². The lowest BCUT2D eigenvalue weighted by Gasteiger charge is -2.29. The molecule has 1 saturated carbocycles. The van der Waals surface area contributed by atoms with Gasteiger partial charge in [0.05, 0.1) is 6.10 Å². The van der Waals surface area contributed by atoms with Gasteiger partial charge >= 0.3 is 0 Å². The molecule has 3 atom stereocenters. The van der Waals surface area contributed by atoms with E-state index in [0.29, 0.717) is 6.10 Å². The molecular formula is C16H25NO. The van der Waals surface area contributed by atoms with Crippen molar-refractivity contribution in [3.63, 3.8) is 0 Å². The Hall–Kier alpha value is -1.02. The molecule has 2 N–H and O–H groups in total. The zero-order valence-corrected chi connectivity index (χ0v) is 11.6. The molecule has 1 aromatic rings. The van der Waals surface area contributed by atoms with Gasteiger partial charge in [0.1, 0.15) is 5.75 Å². The smallest absolute Gasteiger partial charge is 0.120 e. The third-order valence-electron chi connectivity index (χ3n) is 4.00. The number of nitrogens with two attached hydrogens (primary N) is 1. The van der Waals surface area contributed by atoms with E-state index >= 15 is 0 Å². The minimum Gasteiger partial charge on any atom is -0.490 e. The van der Waals surface area contributed by atoms with Crippen molar-refractivity contribution in [2.24, 2.45) is 11.7 Å². The number of hydrogen-bond donors (Lipinski definition) is 1. The fourth-order valence-corrected chi connectivity index (χ4v) is 2.78. The minimum atomic E-state index is 0.0725. The van der Waals surface area contributed by atoms with Crippen LogP contribution in [0.1, 0.15) is 57.6 Å². The summed E-state index contributed by atoms with van der Waals surface area (Å²) in [5, 5.41) is 0. The molecule has 0 aromatic heterocycles.